The van der Waals surface area contributed by atoms with E-state index in [4.69, 9.17) is 17.0 Å². The lowest BCUT2D eigenvalue weighted by atomic mass is 10.1. The van der Waals surface area contributed by atoms with E-state index in [1.165, 1.54) is 11.1 Å². The fourth-order valence-corrected chi connectivity index (χ4v) is 2.17. The summed E-state index contributed by atoms with van der Waals surface area (Å²) >= 11 is 5.39. The third kappa shape index (κ3) is 4.27. The molecule has 1 aromatic rings. The molecule has 0 heterocycles. The predicted molar refractivity (Wildman–Crippen MR) is 81.4 cm³/mol. The Morgan fingerprint density at radius 2 is 1.89 bits per heavy atom. The fourth-order valence-electron chi connectivity index (χ4n) is 1.86. The van der Waals surface area contributed by atoms with Crippen molar-refractivity contribution in [1.82, 2.24) is 5.32 Å². The van der Waals surface area contributed by atoms with E-state index in [-0.39, 0.29) is 6.04 Å². The third-order valence-electron chi connectivity index (χ3n) is 2.68. The zero-order valence-electron chi connectivity index (χ0n) is 11.8. The monoisotopic (exact) mass is 266 g/mol. The zero-order chi connectivity index (χ0) is 13.7. The highest BCUT2D eigenvalue weighted by atomic mass is 32.1. The van der Waals surface area contributed by atoms with Gasteiger partial charge < -0.3 is 15.0 Å². The molecular weight excluding hydrogens is 244 g/mol. The van der Waals surface area contributed by atoms with Crippen molar-refractivity contribution in [3.63, 3.8) is 0 Å². The van der Waals surface area contributed by atoms with Gasteiger partial charge in [0.1, 0.15) is 0 Å². The minimum atomic E-state index is 0.204. The van der Waals surface area contributed by atoms with Gasteiger partial charge in [-0.05, 0) is 56.2 Å². The number of nitrogens with one attached hydrogen (secondary N) is 1. The number of thiocarbonyl (C=S) groups is 1. The molecule has 0 bridgehead atoms. The average molecular weight is 266 g/mol. The minimum absolute atomic E-state index is 0.204. The summed E-state index contributed by atoms with van der Waals surface area (Å²) in [6, 6.07) is 6.61. The summed E-state index contributed by atoms with van der Waals surface area (Å²) in [4.78, 5) is 1.99. The summed E-state index contributed by atoms with van der Waals surface area (Å²) in [6.45, 7) is 6.87. The summed E-state index contributed by atoms with van der Waals surface area (Å²) in [5, 5.41) is 3.96. The van der Waals surface area contributed by atoms with E-state index in [1.807, 2.05) is 18.9 Å². The maximum absolute atomic E-state index is 5.39. The SMILES string of the molecule is COCC(C)NC(=S)N(C)c1cc(C)cc(C)c1. The summed E-state index contributed by atoms with van der Waals surface area (Å²) in [7, 11) is 3.66. The first-order chi connectivity index (χ1) is 8.43. The largest absolute Gasteiger partial charge is 0.383 e. The number of hydrogen-bond acceptors (Lipinski definition) is 2. The van der Waals surface area contributed by atoms with E-state index in [2.05, 4.69) is 37.4 Å². The van der Waals surface area contributed by atoms with Gasteiger partial charge in [0.2, 0.25) is 0 Å². The fraction of sp³-hybridized carbons (Fsp3) is 0.500. The third-order valence-corrected chi connectivity index (χ3v) is 3.08. The Labute approximate surface area is 115 Å². The number of aryl methyl sites for hydroxylation is 2. The Balaban J connectivity index is 2.73. The van der Waals surface area contributed by atoms with Crippen molar-refractivity contribution < 1.29 is 4.74 Å². The van der Waals surface area contributed by atoms with Crippen LogP contribution in [0.5, 0.6) is 0 Å². The van der Waals surface area contributed by atoms with Crippen LogP contribution in [0.3, 0.4) is 0 Å². The maximum Gasteiger partial charge on any atom is 0.173 e. The highest BCUT2D eigenvalue weighted by Crippen LogP contribution is 2.17. The van der Waals surface area contributed by atoms with Crippen LogP contribution in [0.2, 0.25) is 0 Å². The number of benzene rings is 1. The molecular formula is C14H22N2OS. The summed E-state index contributed by atoms with van der Waals surface area (Å²) in [6.07, 6.45) is 0. The number of nitrogens with zero attached hydrogens (tertiary/aromatic N) is 1. The van der Waals surface area contributed by atoms with Gasteiger partial charge in [0.15, 0.2) is 5.11 Å². The van der Waals surface area contributed by atoms with Crippen molar-refractivity contribution in [3.05, 3.63) is 29.3 Å². The Morgan fingerprint density at radius 3 is 2.39 bits per heavy atom. The van der Waals surface area contributed by atoms with Crippen molar-refractivity contribution in [2.45, 2.75) is 26.8 Å². The molecule has 0 radical (unpaired) electrons. The Bertz CT molecular complexity index is 400. The molecule has 3 nitrogen and oxygen atoms in total. The number of rotatable bonds is 4. The van der Waals surface area contributed by atoms with Crippen LogP contribution in [-0.2, 0) is 4.74 Å². The van der Waals surface area contributed by atoms with Crippen LogP contribution in [0.1, 0.15) is 18.1 Å². The van der Waals surface area contributed by atoms with E-state index < -0.39 is 0 Å². The zero-order valence-corrected chi connectivity index (χ0v) is 12.6. The van der Waals surface area contributed by atoms with Gasteiger partial charge in [0, 0.05) is 25.9 Å². The minimum Gasteiger partial charge on any atom is -0.383 e. The van der Waals surface area contributed by atoms with Crippen LogP contribution in [0, 0.1) is 13.8 Å². The van der Waals surface area contributed by atoms with E-state index in [0.29, 0.717) is 11.7 Å². The van der Waals surface area contributed by atoms with Crippen molar-refractivity contribution in [1.29, 1.82) is 0 Å². The van der Waals surface area contributed by atoms with Gasteiger partial charge in [-0.15, -0.1) is 0 Å². The van der Waals surface area contributed by atoms with Gasteiger partial charge in [-0.25, -0.2) is 0 Å². The maximum atomic E-state index is 5.39. The van der Waals surface area contributed by atoms with Gasteiger partial charge in [0.25, 0.3) is 0 Å². The Kier molecular flexibility index (Phi) is 5.56. The van der Waals surface area contributed by atoms with Crippen LogP contribution in [-0.4, -0.2) is 31.9 Å². The van der Waals surface area contributed by atoms with Crippen molar-refractivity contribution in [2.24, 2.45) is 0 Å². The molecule has 1 rings (SSSR count). The van der Waals surface area contributed by atoms with Crippen LogP contribution in [0.25, 0.3) is 0 Å². The molecule has 0 fully saturated rings. The molecule has 0 aliphatic rings. The lowest BCUT2D eigenvalue weighted by Crippen LogP contribution is -2.43. The first-order valence-corrected chi connectivity index (χ1v) is 6.46. The van der Waals surface area contributed by atoms with Crippen molar-refractivity contribution in [2.75, 3.05) is 25.7 Å². The highest BCUT2D eigenvalue weighted by Gasteiger charge is 2.10. The van der Waals surface area contributed by atoms with Gasteiger partial charge >= 0.3 is 0 Å². The van der Waals surface area contributed by atoms with E-state index in [9.17, 15) is 0 Å². The van der Waals surface area contributed by atoms with E-state index in [0.717, 1.165) is 5.69 Å². The van der Waals surface area contributed by atoms with Crippen LogP contribution in [0.15, 0.2) is 18.2 Å². The van der Waals surface area contributed by atoms with E-state index in [1.54, 1.807) is 7.11 Å². The molecule has 0 amide bonds. The Morgan fingerprint density at radius 1 is 1.33 bits per heavy atom. The Hall–Kier alpha value is -1.13. The number of hydrogen-bond donors (Lipinski definition) is 1. The van der Waals surface area contributed by atoms with E-state index >= 15 is 0 Å². The first-order valence-electron chi connectivity index (χ1n) is 6.05. The normalized spacial score (nSPS) is 12.1. The number of anilines is 1. The van der Waals surface area contributed by atoms with Crippen LogP contribution >= 0.6 is 12.2 Å². The van der Waals surface area contributed by atoms with Crippen molar-refractivity contribution in [3.8, 4) is 0 Å². The molecule has 1 N–H and O–H groups in total. The average Bonchev–Trinajstić information content (AvgIpc) is 2.26. The lowest BCUT2D eigenvalue weighted by molar-refractivity contribution is 0.179. The van der Waals surface area contributed by atoms with Gasteiger partial charge in [-0.1, -0.05) is 6.07 Å². The van der Waals surface area contributed by atoms with Crippen LogP contribution in [0.4, 0.5) is 5.69 Å². The topological polar surface area (TPSA) is 24.5 Å². The standard InChI is InChI=1S/C14H22N2OS/c1-10-6-11(2)8-13(7-10)16(4)14(18)15-12(3)9-17-5/h6-8,12H,9H2,1-5H3,(H,15,18). The molecule has 1 aromatic carbocycles. The second-order valence-corrected chi connectivity index (χ2v) is 5.10. The van der Waals surface area contributed by atoms with Crippen molar-refractivity contribution >= 4 is 23.0 Å². The number of methoxy groups -OCH3 is 1. The smallest absolute Gasteiger partial charge is 0.173 e. The predicted octanol–water partition coefficient (Wildman–Crippen LogP) is 2.65. The molecule has 18 heavy (non-hydrogen) atoms. The first kappa shape index (κ1) is 14.9. The summed E-state index contributed by atoms with van der Waals surface area (Å²) in [5.41, 5.74) is 3.59. The molecule has 1 unspecified atom stereocenters. The molecule has 100 valence electrons. The molecule has 0 aliphatic heterocycles. The van der Waals surface area contributed by atoms with Gasteiger partial charge in [-0.3, -0.25) is 0 Å². The molecule has 0 spiro atoms. The summed E-state index contributed by atoms with van der Waals surface area (Å²) in [5.74, 6) is 0. The molecule has 0 saturated heterocycles. The van der Waals surface area contributed by atoms with Crippen LogP contribution < -0.4 is 10.2 Å². The quantitative estimate of drug-likeness (QED) is 0.847. The molecule has 0 aliphatic carbocycles. The molecule has 1 atom stereocenters. The summed E-state index contributed by atoms with van der Waals surface area (Å²) < 4.78 is 5.09. The molecule has 0 saturated carbocycles. The highest BCUT2D eigenvalue weighted by molar-refractivity contribution is 7.80. The lowest BCUT2D eigenvalue weighted by Gasteiger charge is -2.24. The number of ether oxygens (including phenoxy) is 1. The molecule has 4 heteroatoms. The molecule has 0 aromatic heterocycles. The second-order valence-electron chi connectivity index (χ2n) is 4.71. The van der Waals surface area contributed by atoms with Gasteiger partial charge in [0.05, 0.1) is 6.61 Å². The second kappa shape index (κ2) is 6.71. The van der Waals surface area contributed by atoms with Gasteiger partial charge in [-0.2, -0.15) is 0 Å².